The van der Waals surface area contributed by atoms with E-state index in [2.05, 4.69) is 179 Å². The molecule has 3 aliphatic rings. The zero-order chi connectivity index (χ0) is 105. The number of aliphatic carboxylic acids is 1. The van der Waals surface area contributed by atoms with E-state index in [0.717, 1.165) is 202 Å². The second-order valence-electron chi connectivity index (χ2n) is 38.4. The van der Waals surface area contributed by atoms with Gasteiger partial charge in [-0.1, -0.05) is 6.58 Å². The van der Waals surface area contributed by atoms with Gasteiger partial charge in [-0.05, 0) is 336 Å². The Morgan fingerprint density at radius 2 is 0.757 bits per heavy atom. The summed E-state index contributed by atoms with van der Waals surface area (Å²) in [6.45, 7) is 39.0. The first kappa shape index (κ1) is 123. The number of ether oxygens (including phenoxy) is 3. The Morgan fingerprint density at radius 3 is 1.07 bits per heavy atom. The Bertz CT molecular complexity index is 6840. The fourth-order valence-corrected chi connectivity index (χ4v) is 19.2. The maximum absolute atomic E-state index is 13.0. The summed E-state index contributed by atoms with van der Waals surface area (Å²) >= 11 is 0. The quantitative estimate of drug-likeness (QED) is 0.0200. The van der Waals surface area contributed by atoms with Gasteiger partial charge in [-0.2, -0.15) is 0 Å². The van der Waals surface area contributed by atoms with Gasteiger partial charge in [-0.3, -0.25) is 49.1 Å². The number of ketones is 1. The van der Waals surface area contributed by atoms with E-state index in [1.165, 1.54) is 12.6 Å². The first-order valence-electron chi connectivity index (χ1n) is 49.2. The van der Waals surface area contributed by atoms with Crippen LogP contribution < -0.4 is 75.3 Å². The van der Waals surface area contributed by atoms with Crippen LogP contribution in [0.3, 0.4) is 0 Å². The Balaban J connectivity index is 0.000000280. The van der Waals surface area contributed by atoms with Gasteiger partial charge in [0.1, 0.15) is 0 Å². The number of rotatable bonds is 23. The maximum atomic E-state index is 13.0. The number of carbonyl (C=O) groups is 6. The molecule has 3 saturated heterocycles. The number of aryl methyl sites for hydroxylation is 2. The third-order valence-corrected chi connectivity index (χ3v) is 27.0. The molecule has 6 N–H and O–H groups in total. The van der Waals surface area contributed by atoms with Crippen LogP contribution in [0.2, 0.25) is 0 Å². The van der Waals surface area contributed by atoms with Crippen molar-refractivity contribution in [3.8, 4) is 44.5 Å². The standard InChI is InChI=1S/C27H36N4O2.C27H34N4O2.C24H30N4O2.C19H18N2O3.C8H12N2O.C7H10N2.C2H4O2.B.2Na.H2O.H/c2*1-18(2)33-27(32)25-16-24-15-22(21-7-11-28-12-8-21)17-31(24)26(19(25)3)20(4)30-13-9-23(10-14-30)29(5)6;1-16-22(24(29)30)14-21-13-19(18-5-9-25-10-6-18)15-28(21)23(16)17(2)27-11-7-20(8-12-27)26(3)4;1-4-24-19(23)17-10-16-9-15(14-5-7-20-8-6-14)11-21(16)18(12(17)2)13(3)22;1-5-3-6(2)10-8(11)7(5)4-9;1-9(2)7-3-5-8-6-4-7;1-2(3)4;;;;;/h7-8,11-12,15-18,20,23H,9-10,13-14H2,1-6H3;7-8,11-12,15-18,23H,4,9-10,13-14H2,1-3,5-6H3;5-6,9-10,13-15,17,20H,7-8,11-12H2,1-4H3,(H,29,30);5-11H,4H2,1-3H3;3H,4,9H2,1-2H3,(H,10,11);3-6H,1-2H3;1H3,(H,3,4);;;;1H2;/q;;;;;;;;2*+1;;-1/p-1. The molecule has 0 bridgehead atoms. The molecule has 0 aliphatic carbocycles. The van der Waals surface area contributed by atoms with Crippen LogP contribution in [0.4, 0.5) is 5.69 Å². The molecule has 3 fully saturated rings. The van der Waals surface area contributed by atoms with Crippen molar-refractivity contribution < 1.29 is 119 Å². The van der Waals surface area contributed by atoms with Crippen LogP contribution in [0.5, 0.6) is 0 Å². The van der Waals surface area contributed by atoms with Crippen molar-refractivity contribution in [3.63, 3.8) is 0 Å². The number of esters is 3. The molecule has 148 heavy (non-hydrogen) atoms. The smallest absolute Gasteiger partial charge is 1.00 e. The normalized spacial score (nSPS) is 13.7. The van der Waals surface area contributed by atoms with Crippen molar-refractivity contribution in [2.45, 2.75) is 191 Å². The Hall–Kier alpha value is -12.1. The van der Waals surface area contributed by atoms with E-state index in [9.17, 15) is 33.9 Å². The Kier molecular flexibility index (Phi) is 47.3. The molecule has 14 aromatic heterocycles. The number of H-pyrrole nitrogens is 1. The molecule has 17 rings (SSSR count). The number of nitrogens with zero attached hydrogens (tertiary/aromatic N) is 16. The van der Waals surface area contributed by atoms with E-state index in [-0.39, 0.29) is 122 Å². The third-order valence-electron chi connectivity index (χ3n) is 27.0. The number of nitrogens with one attached hydrogen (secondary N) is 1. The minimum Gasteiger partial charge on any atom is -1.00 e. The van der Waals surface area contributed by atoms with Crippen molar-refractivity contribution in [3.05, 3.63) is 303 Å². The molecule has 0 spiro atoms. The summed E-state index contributed by atoms with van der Waals surface area (Å²) in [4.78, 5) is 122. The number of aromatic carboxylic acids is 1. The number of Topliss-reactive ketones (excluding diaryl/α,β-unsaturated/α-hetero) is 1. The fourth-order valence-electron chi connectivity index (χ4n) is 19.2. The number of fused-ring (bicyclic) bond motifs is 4. The van der Waals surface area contributed by atoms with Crippen LogP contribution in [0.1, 0.15) is 222 Å². The molecule has 3 radical (unpaired) electrons. The SMILES string of the molecule is C=C(c1c(C)c(C(=O)OC(C)C)cc2cc(-c3ccncc3)cn12)N1CCC(N(C)C)CC1.CC(=O)O.CCOC(=O)c1cc2cc(-c3ccncc3)cn2c(C(C)=O)c1C.CN(C)c1ccncc1.Cc1c(C(=O)O)cc2cc(-c3ccncc3)cn2c1C(C)N1CCC(N(C)C)CC1.Cc1c(C(=O)OC(C)C)cc2cc(-c3ccncc3)cn2c1C(C)N1CCC(N(C)C)CC1.Cc1cc(C)c(CN)c(=O)[nH]1.[B].[H-].[Na+].[Na+].[OH-]. The van der Waals surface area contributed by atoms with Crippen LogP contribution in [-0.4, -0.2) is 269 Å². The monoisotopic (exact) mass is 2030 g/mol. The number of aromatic amines is 1. The molecule has 31 nitrogen and oxygen atoms in total. The number of hydrogen-bond donors (Lipinski definition) is 4. The van der Waals surface area contributed by atoms with Gasteiger partial charge in [0.05, 0.1) is 58.2 Å². The molecular formula is C114H146BN18Na2O13. The summed E-state index contributed by atoms with van der Waals surface area (Å²) in [7, 11) is 16.9. The molecule has 0 saturated carbocycles. The second kappa shape index (κ2) is 57.0. The molecule has 2 atom stereocenters. The van der Waals surface area contributed by atoms with E-state index >= 15 is 0 Å². The summed E-state index contributed by atoms with van der Waals surface area (Å²) < 4.78 is 24.7. The number of carboxylic acid groups (broad SMARTS) is 2. The Morgan fingerprint density at radius 1 is 0.453 bits per heavy atom. The molecule has 14 aromatic rings. The van der Waals surface area contributed by atoms with Crippen molar-refractivity contribution >= 4 is 77.5 Å². The summed E-state index contributed by atoms with van der Waals surface area (Å²) in [5.41, 5.74) is 31.2. The molecule has 775 valence electrons. The molecule has 0 amide bonds. The van der Waals surface area contributed by atoms with E-state index in [4.69, 9.17) is 29.8 Å². The minimum absolute atomic E-state index is 0. The topological polar surface area (TPSA) is 364 Å². The van der Waals surface area contributed by atoms with E-state index in [1.807, 2.05) is 182 Å². The largest absolute Gasteiger partial charge is 1.00 e. The van der Waals surface area contributed by atoms with Gasteiger partial charge in [0.15, 0.2) is 5.78 Å². The number of carboxylic acids is 2. The minimum atomic E-state index is -0.874. The predicted octanol–water partition coefficient (Wildman–Crippen LogP) is 12.9. The van der Waals surface area contributed by atoms with Crippen molar-refractivity contribution in [2.24, 2.45) is 5.73 Å². The number of likely N-dealkylation sites (tertiary alicyclic amines) is 3. The van der Waals surface area contributed by atoms with Crippen LogP contribution in [0.15, 0.2) is 213 Å². The van der Waals surface area contributed by atoms with Crippen molar-refractivity contribution in [1.82, 2.24) is 76.9 Å². The van der Waals surface area contributed by atoms with E-state index < -0.39 is 17.9 Å². The number of carbonyl (C=O) groups excluding carboxylic acids is 4. The maximum Gasteiger partial charge on any atom is 1.00 e. The average molecular weight is 2030 g/mol. The fraction of sp³-hybridized carbons (Fsp3) is 0.386. The van der Waals surface area contributed by atoms with Crippen LogP contribution in [-0.2, 0) is 25.5 Å². The van der Waals surface area contributed by atoms with Gasteiger partial charge in [-0.15, -0.1) is 0 Å². The van der Waals surface area contributed by atoms with Crippen LogP contribution in [0, 0.1) is 41.5 Å². The summed E-state index contributed by atoms with van der Waals surface area (Å²) in [5.74, 6) is -2.76. The van der Waals surface area contributed by atoms with E-state index in [0.29, 0.717) is 70.4 Å². The summed E-state index contributed by atoms with van der Waals surface area (Å²) in [5, 5.41) is 17.2. The van der Waals surface area contributed by atoms with Crippen molar-refractivity contribution in [2.75, 3.05) is 107 Å². The number of nitrogens with two attached hydrogens (primary N) is 1. The summed E-state index contributed by atoms with van der Waals surface area (Å²) in [6.07, 6.45) is 32.6. The molecule has 34 heteroatoms. The molecule has 2 unspecified atom stereocenters. The number of anilines is 1. The van der Waals surface area contributed by atoms with Gasteiger partial charge in [-0.25, -0.2) is 19.2 Å². The second-order valence-corrected chi connectivity index (χ2v) is 38.4. The Labute approximate surface area is 918 Å². The predicted molar refractivity (Wildman–Crippen MR) is 581 cm³/mol. The molecule has 17 heterocycles. The van der Waals surface area contributed by atoms with Gasteiger partial charge >= 0.3 is 83.0 Å². The number of pyridine rings is 10. The first-order chi connectivity index (χ1) is 68.6. The molecule has 3 aliphatic heterocycles. The van der Waals surface area contributed by atoms with Gasteiger partial charge in [0.2, 0.25) is 0 Å². The van der Waals surface area contributed by atoms with Crippen LogP contribution in [0.25, 0.3) is 72.3 Å². The van der Waals surface area contributed by atoms with Crippen molar-refractivity contribution in [1.29, 1.82) is 0 Å². The zero-order valence-corrected chi connectivity index (χ0v) is 94.9. The average Bonchev–Trinajstić information content (AvgIpc) is 1.65. The van der Waals surface area contributed by atoms with Crippen LogP contribution >= 0.6 is 0 Å². The molecular weight excluding hydrogens is 1890 g/mol. The zero-order valence-electron chi connectivity index (χ0n) is 91.9. The van der Waals surface area contributed by atoms with Gasteiger partial charge in [0.25, 0.3) is 11.5 Å². The number of aromatic nitrogens is 10. The summed E-state index contributed by atoms with van der Waals surface area (Å²) in [6, 6.07) is 39.5. The number of piperidine rings is 3. The first-order valence-corrected chi connectivity index (χ1v) is 49.2. The molecule has 0 aromatic carbocycles. The van der Waals surface area contributed by atoms with Gasteiger partial charge in [0, 0.05) is 272 Å². The number of hydrogen-bond acceptors (Lipinski definition) is 24. The van der Waals surface area contributed by atoms with E-state index in [1.54, 1.807) is 75.6 Å². The third kappa shape index (κ3) is 31.3. The van der Waals surface area contributed by atoms with Gasteiger partial charge < -0.3 is 84.1 Å².